The van der Waals surface area contributed by atoms with E-state index in [1.165, 1.54) is 18.2 Å². The smallest absolute Gasteiger partial charge is 0.417 e. The van der Waals surface area contributed by atoms with Crippen LogP contribution in [0.5, 0.6) is 0 Å². The Morgan fingerprint density at radius 3 is 2.50 bits per heavy atom. The van der Waals surface area contributed by atoms with Gasteiger partial charge in [-0.05, 0) is 24.6 Å². The zero-order valence-electron chi connectivity index (χ0n) is 10.3. The Kier molecular flexibility index (Phi) is 4.63. The molecule has 0 aliphatic rings. The molecule has 0 saturated heterocycles. The summed E-state index contributed by atoms with van der Waals surface area (Å²) in [7, 11) is 0. The predicted octanol–water partition coefficient (Wildman–Crippen LogP) is 2.71. The van der Waals surface area contributed by atoms with Gasteiger partial charge in [0, 0.05) is 11.6 Å². The van der Waals surface area contributed by atoms with Gasteiger partial charge < -0.3 is 5.11 Å². The van der Waals surface area contributed by atoms with Crippen molar-refractivity contribution in [2.45, 2.75) is 25.2 Å². The van der Waals surface area contributed by atoms with Gasteiger partial charge in [0.15, 0.2) is 0 Å². The molecule has 0 spiro atoms. The van der Waals surface area contributed by atoms with Crippen LogP contribution in [0.3, 0.4) is 0 Å². The third kappa shape index (κ3) is 3.21. The molecule has 2 N–H and O–H groups in total. The van der Waals surface area contributed by atoms with Crippen molar-refractivity contribution >= 4 is 17.6 Å². The van der Waals surface area contributed by atoms with Crippen molar-refractivity contribution in [3.05, 3.63) is 34.3 Å². The highest BCUT2D eigenvalue weighted by Gasteiger charge is 2.57. The van der Waals surface area contributed by atoms with Crippen molar-refractivity contribution in [3.8, 4) is 6.07 Å². The van der Waals surface area contributed by atoms with Crippen LogP contribution in [-0.4, -0.2) is 22.8 Å². The first-order valence-corrected chi connectivity index (χ1v) is 5.73. The number of rotatable bonds is 4. The Balaban J connectivity index is 2.95. The van der Waals surface area contributed by atoms with Gasteiger partial charge in [-0.3, -0.25) is 5.32 Å². The van der Waals surface area contributed by atoms with Crippen LogP contribution in [-0.2, 0) is 11.3 Å². The molecule has 0 aromatic heterocycles. The lowest BCUT2D eigenvalue weighted by Crippen LogP contribution is -2.59. The number of benzene rings is 1. The second-order valence-electron chi connectivity index (χ2n) is 4.20. The minimum absolute atomic E-state index is 0.0893. The Morgan fingerprint density at radius 2 is 2.10 bits per heavy atom. The highest BCUT2D eigenvalue weighted by molar-refractivity contribution is 6.31. The molecule has 108 valence electrons. The number of carboxylic acid groups (broad SMARTS) is 1. The minimum atomic E-state index is -4.96. The highest BCUT2D eigenvalue weighted by atomic mass is 35.5. The standard InChI is InChI=1S/C12H10ClF3N2O2/c1-11(10(19)20,12(14,15)16)18-6-8-3-2-7(5-17)4-9(8)13/h2-4,18H,6H2,1H3,(H,19,20). The molecule has 1 aromatic rings. The number of halogens is 4. The monoisotopic (exact) mass is 306 g/mol. The van der Waals surface area contributed by atoms with Gasteiger partial charge in [-0.25, -0.2) is 4.79 Å². The first kappa shape index (κ1) is 16.3. The van der Waals surface area contributed by atoms with E-state index in [4.69, 9.17) is 22.0 Å². The third-order valence-electron chi connectivity index (χ3n) is 2.81. The van der Waals surface area contributed by atoms with Gasteiger partial charge in [-0.15, -0.1) is 0 Å². The number of aliphatic carboxylic acids is 1. The Morgan fingerprint density at radius 1 is 1.50 bits per heavy atom. The molecule has 0 aliphatic heterocycles. The van der Waals surface area contributed by atoms with Crippen LogP contribution in [0.15, 0.2) is 18.2 Å². The molecule has 0 radical (unpaired) electrons. The molecule has 1 atom stereocenters. The van der Waals surface area contributed by atoms with Crippen LogP contribution in [0, 0.1) is 11.3 Å². The van der Waals surface area contributed by atoms with Gasteiger partial charge in [0.2, 0.25) is 5.54 Å². The van der Waals surface area contributed by atoms with Crippen LogP contribution in [0.1, 0.15) is 18.1 Å². The number of nitriles is 1. The van der Waals surface area contributed by atoms with Gasteiger partial charge >= 0.3 is 12.1 Å². The van der Waals surface area contributed by atoms with E-state index >= 15 is 0 Å². The van der Waals surface area contributed by atoms with Crippen molar-refractivity contribution in [1.82, 2.24) is 5.32 Å². The SMILES string of the molecule is CC(NCc1ccc(C#N)cc1Cl)(C(=O)O)C(F)(F)F. The zero-order valence-corrected chi connectivity index (χ0v) is 11.0. The zero-order chi connectivity index (χ0) is 15.6. The van der Waals surface area contributed by atoms with E-state index in [9.17, 15) is 18.0 Å². The normalized spacial score (nSPS) is 14.4. The number of nitrogens with zero attached hydrogens (tertiary/aromatic N) is 1. The lowest BCUT2D eigenvalue weighted by molar-refractivity contribution is -0.206. The van der Waals surface area contributed by atoms with Gasteiger partial charge in [-0.1, -0.05) is 17.7 Å². The fourth-order valence-corrected chi connectivity index (χ4v) is 1.58. The Hall–Kier alpha value is -1.78. The minimum Gasteiger partial charge on any atom is -0.480 e. The van der Waals surface area contributed by atoms with Crippen LogP contribution in [0.2, 0.25) is 5.02 Å². The summed E-state index contributed by atoms with van der Waals surface area (Å²) in [6.45, 7) is 0.139. The average Bonchev–Trinajstić information content (AvgIpc) is 2.35. The largest absolute Gasteiger partial charge is 0.480 e. The molecule has 1 unspecified atom stereocenters. The summed E-state index contributed by atoms with van der Waals surface area (Å²) in [5.74, 6) is -2.03. The molecule has 0 aliphatic carbocycles. The molecule has 0 saturated carbocycles. The molecule has 4 nitrogen and oxygen atoms in total. The van der Waals surface area contributed by atoms with E-state index in [1.807, 2.05) is 11.4 Å². The van der Waals surface area contributed by atoms with Crippen molar-refractivity contribution in [2.75, 3.05) is 0 Å². The van der Waals surface area contributed by atoms with Gasteiger partial charge in [0.05, 0.1) is 11.6 Å². The van der Waals surface area contributed by atoms with Crippen LogP contribution < -0.4 is 5.32 Å². The Labute approximate surface area is 117 Å². The molecule has 0 bridgehead atoms. The van der Waals surface area contributed by atoms with E-state index in [2.05, 4.69) is 0 Å². The summed E-state index contributed by atoms with van der Waals surface area (Å²) in [4.78, 5) is 10.8. The van der Waals surface area contributed by atoms with E-state index < -0.39 is 24.2 Å². The molecular formula is C12H10ClF3N2O2. The first-order valence-electron chi connectivity index (χ1n) is 5.35. The van der Waals surface area contributed by atoms with E-state index in [0.29, 0.717) is 6.92 Å². The summed E-state index contributed by atoms with van der Waals surface area (Å²) in [6.07, 6.45) is -4.96. The van der Waals surface area contributed by atoms with Crippen molar-refractivity contribution in [2.24, 2.45) is 0 Å². The van der Waals surface area contributed by atoms with Crippen LogP contribution >= 0.6 is 11.6 Å². The maximum Gasteiger partial charge on any atom is 0.417 e. The van der Waals surface area contributed by atoms with Gasteiger partial charge in [0.1, 0.15) is 0 Å². The number of carbonyl (C=O) groups is 1. The summed E-state index contributed by atoms with van der Waals surface area (Å²) >= 11 is 5.81. The molecular weight excluding hydrogens is 297 g/mol. The average molecular weight is 307 g/mol. The quantitative estimate of drug-likeness (QED) is 0.897. The summed E-state index contributed by atoms with van der Waals surface area (Å²) < 4.78 is 38.3. The van der Waals surface area contributed by atoms with Gasteiger partial charge in [-0.2, -0.15) is 18.4 Å². The maximum atomic E-state index is 12.8. The molecule has 8 heteroatoms. The van der Waals surface area contributed by atoms with E-state index in [-0.39, 0.29) is 16.1 Å². The highest BCUT2D eigenvalue weighted by Crippen LogP contribution is 2.31. The van der Waals surface area contributed by atoms with Crippen molar-refractivity contribution in [3.63, 3.8) is 0 Å². The molecule has 20 heavy (non-hydrogen) atoms. The third-order valence-corrected chi connectivity index (χ3v) is 3.16. The summed E-state index contributed by atoms with van der Waals surface area (Å²) in [6, 6.07) is 5.88. The molecule has 0 fully saturated rings. The summed E-state index contributed by atoms with van der Waals surface area (Å²) in [5.41, 5.74) is -2.55. The number of alkyl halides is 3. The second kappa shape index (κ2) is 5.69. The van der Waals surface area contributed by atoms with E-state index in [0.717, 1.165) is 0 Å². The fourth-order valence-electron chi connectivity index (χ4n) is 1.33. The lowest BCUT2D eigenvalue weighted by Gasteiger charge is -2.28. The number of carboxylic acids is 1. The van der Waals surface area contributed by atoms with Gasteiger partial charge in [0.25, 0.3) is 0 Å². The number of nitrogens with one attached hydrogen (secondary N) is 1. The number of hydrogen-bond donors (Lipinski definition) is 2. The molecule has 1 rings (SSSR count). The lowest BCUT2D eigenvalue weighted by atomic mass is 10.0. The van der Waals surface area contributed by atoms with Crippen molar-refractivity contribution < 1.29 is 23.1 Å². The Bertz CT molecular complexity index is 569. The topological polar surface area (TPSA) is 73.1 Å². The number of hydrogen-bond acceptors (Lipinski definition) is 3. The first-order chi connectivity index (χ1) is 9.11. The molecule has 1 aromatic carbocycles. The van der Waals surface area contributed by atoms with Crippen molar-refractivity contribution in [1.29, 1.82) is 5.26 Å². The molecule has 0 amide bonds. The molecule has 0 heterocycles. The predicted molar refractivity (Wildman–Crippen MR) is 65.1 cm³/mol. The van der Waals surface area contributed by atoms with Crippen LogP contribution in [0.4, 0.5) is 13.2 Å². The van der Waals surface area contributed by atoms with E-state index in [1.54, 1.807) is 0 Å². The second-order valence-corrected chi connectivity index (χ2v) is 4.61. The fraction of sp³-hybridized carbons (Fsp3) is 0.333. The van der Waals surface area contributed by atoms with Crippen LogP contribution in [0.25, 0.3) is 0 Å². The summed E-state index contributed by atoms with van der Waals surface area (Å²) in [5, 5.41) is 19.4. The maximum absolute atomic E-state index is 12.8.